The Morgan fingerprint density at radius 1 is 1.08 bits per heavy atom. The van der Waals surface area contributed by atoms with Crippen molar-refractivity contribution in [3.05, 3.63) is 35.9 Å². The van der Waals surface area contributed by atoms with Crippen LogP contribution in [0.2, 0.25) is 0 Å². The highest BCUT2D eigenvalue weighted by atomic mass is 16.5. The highest BCUT2D eigenvalue weighted by Gasteiger charge is 2.30. The Balaban J connectivity index is 1.33. The largest absolute Gasteiger partial charge is 0.458 e. The molecule has 5 rings (SSSR count). The van der Waals surface area contributed by atoms with Crippen molar-refractivity contribution < 1.29 is 4.74 Å². The molecule has 2 aliphatic rings. The quantitative estimate of drug-likeness (QED) is 0.717. The van der Waals surface area contributed by atoms with Crippen LogP contribution in [0.1, 0.15) is 36.6 Å². The highest BCUT2D eigenvalue weighted by Crippen LogP contribution is 2.38. The summed E-state index contributed by atoms with van der Waals surface area (Å²) in [5.74, 6) is 2.44. The van der Waals surface area contributed by atoms with Crippen molar-refractivity contribution in [1.29, 1.82) is 0 Å². The maximum Gasteiger partial charge on any atom is 0.316 e. The zero-order valence-corrected chi connectivity index (χ0v) is 14.0. The Labute approximate surface area is 144 Å². The molecule has 2 fully saturated rings. The van der Waals surface area contributed by atoms with Crippen molar-refractivity contribution in [3.63, 3.8) is 0 Å². The van der Waals surface area contributed by atoms with Gasteiger partial charge in [0.1, 0.15) is 11.9 Å². The van der Waals surface area contributed by atoms with Crippen molar-refractivity contribution in [2.24, 2.45) is 0 Å². The Kier molecular flexibility index (Phi) is 3.29. The van der Waals surface area contributed by atoms with Crippen LogP contribution in [0.5, 0.6) is 6.01 Å². The van der Waals surface area contributed by atoms with Crippen molar-refractivity contribution in [2.45, 2.75) is 38.2 Å². The molecule has 1 aliphatic carbocycles. The Morgan fingerprint density at radius 2 is 1.92 bits per heavy atom. The van der Waals surface area contributed by atoms with Gasteiger partial charge in [0.2, 0.25) is 0 Å². The number of ether oxygens (including phenoxy) is 1. The summed E-state index contributed by atoms with van der Waals surface area (Å²) >= 11 is 0. The second-order valence-electron chi connectivity index (χ2n) is 6.81. The van der Waals surface area contributed by atoms with E-state index in [1.807, 2.05) is 23.6 Å². The van der Waals surface area contributed by atoms with Gasteiger partial charge in [-0.05, 0) is 37.5 Å². The molecular weight excluding hydrogens is 318 g/mol. The smallest absolute Gasteiger partial charge is 0.316 e. The molecule has 0 N–H and O–H groups in total. The number of aromatic nitrogens is 6. The van der Waals surface area contributed by atoms with Crippen LogP contribution in [0.15, 0.2) is 24.5 Å². The first kappa shape index (κ1) is 14.6. The summed E-state index contributed by atoms with van der Waals surface area (Å²) in [7, 11) is 0. The summed E-state index contributed by atoms with van der Waals surface area (Å²) in [5.41, 5.74) is 1.84. The maximum absolute atomic E-state index is 5.90. The molecule has 1 aliphatic heterocycles. The van der Waals surface area contributed by atoms with Gasteiger partial charge in [-0.1, -0.05) is 0 Å². The van der Waals surface area contributed by atoms with Crippen molar-refractivity contribution in [3.8, 4) is 6.01 Å². The van der Waals surface area contributed by atoms with Gasteiger partial charge in [-0.3, -0.25) is 0 Å². The summed E-state index contributed by atoms with van der Waals surface area (Å²) in [6.45, 7) is 3.64. The zero-order valence-electron chi connectivity index (χ0n) is 14.0. The van der Waals surface area contributed by atoms with Crippen LogP contribution in [0.3, 0.4) is 0 Å². The Morgan fingerprint density at radius 3 is 2.72 bits per heavy atom. The van der Waals surface area contributed by atoms with Gasteiger partial charge in [0.05, 0.1) is 6.54 Å². The molecule has 8 heteroatoms. The lowest BCUT2D eigenvalue weighted by atomic mass is 10.3. The molecule has 0 bridgehead atoms. The minimum Gasteiger partial charge on any atom is -0.458 e. The van der Waals surface area contributed by atoms with Crippen LogP contribution in [0.25, 0.3) is 5.65 Å². The van der Waals surface area contributed by atoms with E-state index in [0.29, 0.717) is 11.9 Å². The van der Waals surface area contributed by atoms with Gasteiger partial charge >= 0.3 is 6.01 Å². The fraction of sp³-hybridized carbons (Fsp3) is 0.471. The predicted molar refractivity (Wildman–Crippen MR) is 90.8 cm³/mol. The van der Waals surface area contributed by atoms with Crippen LogP contribution in [-0.2, 0) is 0 Å². The minimum atomic E-state index is 0.0732. The molecule has 0 aromatic carbocycles. The van der Waals surface area contributed by atoms with Crippen molar-refractivity contribution in [1.82, 2.24) is 29.8 Å². The number of aryl methyl sites for hydroxylation is 1. The summed E-state index contributed by atoms with van der Waals surface area (Å²) < 4.78 is 7.80. The molecule has 3 aromatic rings. The van der Waals surface area contributed by atoms with E-state index in [0.717, 1.165) is 42.4 Å². The number of anilines is 1. The van der Waals surface area contributed by atoms with E-state index in [9.17, 15) is 0 Å². The first-order valence-corrected chi connectivity index (χ1v) is 8.69. The Hall–Kier alpha value is -2.77. The molecule has 3 aromatic heterocycles. The molecule has 0 spiro atoms. The fourth-order valence-electron chi connectivity index (χ4n) is 3.18. The zero-order chi connectivity index (χ0) is 16.8. The first-order chi connectivity index (χ1) is 12.3. The van der Waals surface area contributed by atoms with Crippen LogP contribution in [0.4, 0.5) is 5.82 Å². The monoisotopic (exact) mass is 337 g/mol. The normalized spacial score (nSPS) is 20.4. The first-order valence-electron chi connectivity index (χ1n) is 8.69. The number of rotatable bonds is 4. The van der Waals surface area contributed by atoms with E-state index in [2.05, 4.69) is 25.1 Å². The molecule has 1 saturated carbocycles. The molecular formula is C17H19N7O. The number of hydrogen-bond acceptors (Lipinski definition) is 7. The summed E-state index contributed by atoms with van der Waals surface area (Å²) in [6.07, 6.45) is 6.91. The molecule has 128 valence electrons. The van der Waals surface area contributed by atoms with Gasteiger partial charge < -0.3 is 9.64 Å². The molecule has 0 amide bonds. The average Bonchev–Trinajstić information content (AvgIpc) is 3.21. The highest BCUT2D eigenvalue weighted by molar-refractivity contribution is 5.47. The lowest BCUT2D eigenvalue weighted by Gasteiger charge is -2.17. The van der Waals surface area contributed by atoms with E-state index in [1.54, 1.807) is 12.4 Å². The number of nitrogens with zero attached hydrogens (tertiary/aromatic N) is 7. The van der Waals surface area contributed by atoms with Gasteiger partial charge in [-0.2, -0.15) is 4.52 Å². The second-order valence-corrected chi connectivity index (χ2v) is 6.81. The van der Waals surface area contributed by atoms with Gasteiger partial charge in [0, 0.05) is 31.3 Å². The van der Waals surface area contributed by atoms with Crippen molar-refractivity contribution in [2.75, 3.05) is 18.0 Å². The van der Waals surface area contributed by atoms with Crippen LogP contribution in [-0.4, -0.2) is 49.0 Å². The molecule has 0 radical (unpaired) electrons. The molecule has 25 heavy (non-hydrogen) atoms. The van der Waals surface area contributed by atoms with Gasteiger partial charge in [0.15, 0.2) is 11.5 Å². The van der Waals surface area contributed by atoms with E-state index < -0.39 is 0 Å². The Bertz CT molecular complexity index is 903. The van der Waals surface area contributed by atoms with Gasteiger partial charge in [0.25, 0.3) is 0 Å². The molecule has 8 nitrogen and oxygen atoms in total. The lowest BCUT2D eigenvalue weighted by molar-refractivity contribution is 0.206. The maximum atomic E-state index is 5.90. The minimum absolute atomic E-state index is 0.0732. The van der Waals surface area contributed by atoms with Crippen LogP contribution >= 0.6 is 0 Å². The standard InChI is InChI=1S/C17H19N7O/c1-11-8-18-17(19-9-11)25-13-6-7-23(10-13)15-5-4-14-20-21-16(12-2-3-12)24(14)22-15/h4-5,8-9,12-13H,2-3,6-7,10H2,1H3. The predicted octanol–water partition coefficient (Wildman–Crippen LogP) is 1.76. The fourth-order valence-corrected chi connectivity index (χ4v) is 3.18. The SMILES string of the molecule is Cc1cnc(OC2CCN(c3ccc4nnc(C5CC5)n4n3)C2)nc1. The summed E-state index contributed by atoms with van der Waals surface area (Å²) in [4.78, 5) is 10.7. The molecule has 1 atom stereocenters. The number of hydrogen-bond donors (Lipinski definition) is 0. The molecule has 1 saturated heterocycles. The van der Waals surface area contributed by atoms with Gasteiger partial charge in [-0.25, -0.2) is 9.97 Å². The van der Waals surface area contributed by atoms with E-state index in [-0.39, 0.29) is 6.10 Å². The third-order valence-electron chi connectivity index (χ3n) is 4.71. The summed E-state index contributed by atoms with van der Waals surface area (Å²) in [6, 6.07) is 4.43. The summed E-state index contributed by atoms with van der Waals surface area (Å²) in [5, 5.41) is 13.3. The third kappa shape index (κ3) is 2.77. The van der Waals surface area contributed by atoms with Gasteiger partial charge in [-0.15, -0.1) is 15.3 Å². The molecule has 1 unspecified atom stereocenters. The van der Waals surface area contributed by atoms with E-state index >= 15 is 0 Å². The van der Waals surface area contributed by atoms with Crippen molar-refractivity contribution >= 4 is 11.5 Å². The second kappa shape index (κ2) is 5.65. The van der Waals surface area contributed by atoms with E-state index in [4.69, 9.17) is 9.84 Å². The average molecular weight is 337 g/mol. The van der Waals surface area contributed by atoms with Crippen LogP contribution in [0, 0.1) is 6.92 Å². The van der Waals surface area contributed by atoms with Crippen LogP contribution < -0.4 is 9.64 Å². The lowest BCUT2D eigenvalue weighted by Crippen LogP contribution is -2.26. The van der Waals surface area contributed by atoms with E-state index in [1.165, 1.54) is 12.8 Å². The topological polar surface area (TPSA) is 81.3 Å². The third-order valence-corrected chi connectivity index (χ3v) is 4.71. The molecule has 4 heterocycles. The number of fused-ring (bicyclic) bond motifs is 1.